The van der Waals surface area contributed by atoms with Crippen LogP contribution in [0.25, 0.3) is 0 Å². The Balaban J connectivity index is 2.56. The molecule has 0 saturated heterocycles. The molecular formula is C15H22FNO. The van der Waals surface area contributed by atoms with Crippen LogP contribution in [0, 0.1) is 12.7 Å². The third-order valence-electron chi connectivity index (χ3n) is 2.98. The Bertz CT molecular complexity index is 403. The van der Waals surface area contributed by atoms with E-state index in [2.05, 4.69) is 12.2 Å². The zero-order valence-corrected chi connectivity index (χ0v) is 11.4. The molecule has 2 nitrogen and oxygen atoms in total. The van der Waals surface area contributed by atoms with Crippen LogP contribution < -0.4 is 5.32 Å². The van der Waals surface area contributed by atoms with Crippen molar-refractivity contribution >= 4 is 5.91 Å². The topological polar surface area (TPSA) is 29.1 Å². The highest BCUT2D eigenvalue weighted by Gasteiger charge is 2.13. The molecule has 0 aliphatic rings. The van der Waals surface area contributed by atoms with Crippen LogP contribution in [0.3, 0.4) is 0 Å². The minimum absolute atomic E-state index is 0.0870. The van der Waals surface area contributed by atoms with Gasteiger partial charge in [-0.05, 0) is 32.4 Å². The Morgan fingerprint density at radius 1 is 1.39 bits per heavy atom. The summed E-state index contributed by atoms with van der Waals surface area (Å²) in [5.74, 6) is -0.779. The second-order valence-electron chi connectivity index (χ2n) is 4.85. The molecule has 3 heteroatoms. The number of unbranched alkanes of at least 4 members (excludes halogenated alkanes) is 2. The molecule has 100 valence electrons. The third kappa shape index (κ3) is 4.47. The molecule has 1 aromatic carbocycles. The minimum Gasteiger partial charge on any atom is -0.349 e. The van der Waals surface area contributed by atoms with Gasteiger partial charge in [0, 0.05) is 6.04 Å². The third-order valence-corrected chi connectivity index (χ3v) is 2.98. The molecule has 1 rings (SSSR count). The van der Waals surface area contributed by atoms with Crippen LogP contribution in [-0.4, -0.2) is 11.9 Å². The summed E-state index contributed by atoms with van der Waals surface area (Å²) in [5, 5.41) is 2.84. The van der Waals surface area contributed by atoms with Crippen LogP contribution >= 0.6 is 0 Å². The van der Waals surface area contributed by atoms with Crippen molar-refractivity contribution in [2.24, 2.45) is 0 Å². The predicted molar refractivity (Wildman–Crippen MR) is 72.2 cm³/mol. The van der Waals surface area contributed by atoms with E-state index in [0.717, 1.165) is 24.8 Å². The van der Waals surface area contributed by atoms with Gasteiger partial charge < -0.3 is 5.32 Å². The molecule has 1 unspecified atom stereocenters. The van der Waals surface area contributed by atoms with Crippen LogP contribution in [0.1, 0.15) is 55.5 Å². The van der Waals surface area contributed by atoms with Crippen LogP contribution in [0.2, 0.25) is 0 Å². The summed E-state index contributed by atoms with van der Waals surface area (Å²) in [6.07, 6.45) is 4.35. The Kier molecular flexibility index (Phi) is 5.83. The molecule has 0 fully saturated rings. The summed E-state index contributed by atoms with van der Waals surface area (Å²) >= 11 is 0. The van der Waals surface area contributed by atoms with Crippen LogP contribution in [0.15, 0.2) is 18.2 Å². The number of aryl methyl sites for hydroxylation is 1. The Morgan fingerprint density at radius 2 is 2.11 bits per heavy atom. The summed E-state index contributed by atoms with van der Waals surface area (Å²) in [7, 11) is 0. The van der Waals surface area contributed by atoms with Crippen molar-refractivity contribution in [3.05, 3.63) is 35.1 Å². The summed E-state index contributed by atoms with van der Waals surface area (Å²) in [4.78, 5) is 11.9. The van der Waals surface area contributed by atoms with Crippen molar-refractivity contribution in [3.8, 4) is 0 Å². The highest BCUT2D eigenvalue weighted by Crippen LogP contribution is 2.11. The number of nitrogens with one attached hydrogen (secondary N) is 1. The fourth-order valence-electron chi connectivity index (χ4n) is 1.89. The molecule has 0 saturated carbocycles. The van der Waals surface area contributed by atoms with E-state index in [1.165, 1.54) is 12.5 Å². The molecule has 0 bridgehead atoms. The van der Waals surface area contributed by atoms with Crippen molar-refractivity contribution < 1.29 is 9.18 Å². The average molecular weight is 251 g/mol. The fourth-order valence-corrected chi connectivity index (χ4v) is 1.89. The molecule has 0 aliphatic heterocycles. The molecule has 1 aromatic rings. The monoisotopic (exact) mass is 251 g/mol. The van der Waals surface area contributed by atoms with Crippen molar-refractivity contribution in [2.45, 2.75) is 52.5 Å². The number of rotatable bonds is 6. The lowest BCUT2D eigenvalue weighted by Crippen LogP contribution is -2.33. The molecular weight excluding hydrogens is 229 g/mol. The van der Waals surface area contributed by atoms with Crippen molar-refractivity contribution in [1.82, 2.24) is 5.32 Å². The van der Waals surface area contributed by atoms with Gasteiger partial charge >= 0.3 is 0 Å². The molecule has 1 N–H and O–H groups in total. The first-order valence-corrected chi connectivity index (χ1v) is 6.61. The number of amides is 1. The number of hydrogen-bond acceptors (Lipinski definition) is 1. The number of benzene rings is 1. The maximum absolute atomic E-state index is 13.5. The maximum Gasteiger partial charge on any atom is 0.254 e. The number of carbonyl (C=O) groups excluding carboxylic acids is 1. The van der Waals surface area contributed by atoms with Crippen LogP contribution in [0.5, 0.6) is 0 Å². The van der Waals surface area contributed by atoms with E-state index in [1.54, 1.807) is 12.1 Å². The summed E-state index contributed by atoms with van der Waals surface area (Å²) in [6.45, 7) is 5.95. The lowest BCUT2D eigenvalue weighted by atomic mass is 10.1. The number of halogens is 1. The summed E-state index contributed by atoms with van der Waals surface area (Å²) < 4.78 is 13.5. The van der Waals surface area contributed by atoms with Crippen molar-refractivity contribution in [1.29, 1.82) is 0 Å². The van der Waals surface area contributed by atoms with E-state index in [0.29, 0.717) is 0 Å². The SMILES string of the molecule is CCCCCC(C)NC(=O)c1cc(C)ccc1F. The van der Waals surface area contributed by atoms with Gasteiger partial charge in [0.25, 0.3) is 5.91 Å². The molecule has 1 atom stereocenters. The highest BCUT2D eigenvalue weighted by molar-refractivity contribution is 5.94. The second kappa shape index (κ2) is 7.14. The predicted octanol–water partition coefficient (Wildman–Crippen LogP) is 3.83. The van der Waals surface area contributed by atoms with E-state index >= 15 is 0 Å². The number of carbonyl (C=O) groups is 1. The van der Waals surface area contributed by atoms with E-state index in [9.17, 15) is 9.18 Å². The van der Waals surface area contributed by atoms with E-state index < -0.39 is 5.82 Å². The maximum atomic E-state index is 13.5. The first-order chi connectivity index (χ1) is 8.54. The van der Waals surface area contributed by atoms with Gasteiger partial charge in [-0.1, -0.05) is 37.8 Å². The van der Waals surface area contributed by atoms with Gasteiger partial charge in [-0.3, -0.25) is 4.79 Å². The first-order valence-electron chi connectivity index (χ1n) is 6.61. The van der Waals surface area contributed by atoms with Gasteiger partial charge in [0.05, 0.1) is 5.56 Å². The fraction of sp³-hybridized carbons (Fsp3) is 0.533. The van der Waals surface area contributed by atoms with Gasteiger partial charge in [-0.25, -0.2) is 4.39 Å². The summed E-state index contributed by atoms with van der Waals surface area (Å²) in [6, 6.07) is 4.68. The molecule has 0 radical (unpaired) electrons. The quantitative estimate of drug-likeness (QED) is 0.765. The Morgan fingerprint density at radius 3 is 2.78 bits per heavy atom. The zero-order chi connectivity index (χ0) is 13.5. The highest BCUT2D eigenvalue weighted by atomic mass is 19.1. The van der Waals surface area contributed by atoms with Gasteiger partial charge in [0.2, 0.25) is 0 Å². The standard InChI is InChI=1S/C15H22FNO/c1-4-5-6-7-12(3)17-15(18)13-10-11(2)8-9-14(13)16/h8-10,12H,4-7H2,1-3H3,(H,17,18). The average Bonchev–Trinajstić information content (AvgIpc) is 2.32. The minimum atomic E-state index is -0.459. The largest absolute Gasteiger partial charge is 0.349 e. The first kappa shape index (κ1) is 14.7. The van der Waals surface area contributed by atoms with Gasteiger partial charge in [-0.2, -0.15) is 0 Å². The molecule has 1 amide bonds. The van der Waals surface area contributed by atoms with Crippen LogP contribution in [-0.2, 0) is 0 Å². The molecule has 18 heavy (non-hydrogen) atoms. The molecule has 0 aromatic heterocycles. The van der Waals surface area contributed by atoms with Gasteiger partial charge in [0.15, 0.2) is 0 Å². The lowest BCUT2D eigenvalue weighted by Gasteiger charge is -2.14. The van der Waals surface area contributed by atoms with Crippen molar-refractivity contribution in [2.75, 3.05) is 0 Å². The zero-order valence-electron chi connectivity index (χ0n) is 11.4. The molecule has 0 aliphatic carbocycles. The second-order valence-corrected chi connectivity index (χ2v) is 4.85. The summed E-state index contributed by atoms with van der Waals surface area (Å²) in [5.41, 5.74) is 1.03. The van der Waals surface area contributed by atoms with E-state index in [4.69, 9.17) is 0 Å². The van der Waals surface area contributed by atoms with Gasteiger partial charge in [-0.15, -0.1) is 0 Å². The van der Waals surface area contributed by atoms with Crippen LogP contribution in [0.4, 0.5) is 4.39 Å². The van der Waals surface area contributed by atoms with E-state index in [1.807, 2.05) is 13.8 Å². The Hall–Kier alpha value is -1.38. The van der Waals surface area contributed by atoms with Gasteiger partial charge in [0.1, 0.15) is 5.82 Å². The Labute approximate surface area is 109 Å². The number of hydrogen-bond donors (Lipinski definition) is 1. The van der Waals surface area contributed by atoms with Crippen molar-refractivity contribution in [3.63, 3.8) is 0 Å². The molecule has 0 heterocycles. The smallest absolute Gasteiger partial charge is 0.254 e. The lowest BCUT2D eigenvalue weighted by molar-refractivity contribution is 0.0933. The normalized spacial score (nSPS) is 12.2. The van der Waals surface area contributed by atoms with E-state index in [-0.39, 0.29) is 17.5 Å². The molecule has 0 spiro atoms.